The lowest BCUT2D eigenvalue weighted by molar-refractivity contribution is 0.0941. The zero-order chi connectivity index (χ0) is 10.7. The number of nitrogens with one attached hydrogen (secondary N) is 1. The molecule has 1 saturated heterocycles. The van der Waals surface area contributed by atoms with Crippen LogP contribution >= 0.6 is 0 Å². The standard InChI is InChI=1S/C10H16N4O/c1-2-6-14-9(7-12-13-14)10(15)8-4-3-5-11-8/h7-8,11H,2-6H2,1H3. The first-order chi connectivity index (χ1) is 7.33. The lowest BCUT2D eigenvalue weighted by Crippen LogP contribution is -2.32. The summed E-state index contributed by atoms with van der Waals surface area (Å²) in [5, 5.41) is 10.9. The summed E-state index contributed by atoms with van der Waals surface area (Å²) in [6.45, 7) is 3.75. The molecule has 2 rings (SSSR count). The van der Waals surface area contributed by atoms with Crippen molar-refractivity contribution in [2.24, 2.45) is 0 Å². The van der Waals surface area contributed by atoms with Gasteiger partial charge < -0.3 is 5.32 Å². The monoisotopic (exact) mass is 208 g/mol. The van der Waals surface area contributed by atoms with Gasteiger partial charge in [-0.3, -0.25) is 4.79 Å². The third-order valence-corrected chi connectivity index (χ3v) is 2.68. The minimum Gasteiger partial charge on any atom is -0.307 e. The summed E-state index contributed by atoms with van der Waals surface area (Å²) < 4.78 is 1.70. The van der Waals surface area contributed by atoms with Gasteiger partial charge in [0.2, 0.25) is 0 Å². The van der Waals surface area contributed by atoms with Crippen LogP contribution < -0.4 is 5.32 Å². The third-order valence-electron chi connectivity index (χ3n) is 2.68. The van der Waals surface area contributed by atoms with Crippen LogP contribution in [0.2, 0.25) is 0 Å². The molecule has 1 aliphatic heterocycles. The molecule has 82 valence electrons. The fourth-order valence-corrected chi connectivity index (χ4v) is 1.91. The van der Waals surface area contributed by atoms with Crippen LogP contribution in [0.1, 0.15) is 36.7 Å². The molecule has 1 aromatic heterocycles. The van der Waals surface area contributed by atoms with Crippen LogP contribution in [0, 0.1) is 0 Å². The Kier molecular flexibility index (Phi) is 3.11. The lowest BCUT2D eigenvalue weighted by Gasteiger charge is -2.09. The van der Waals surface area contributed by atoms with Crippen molar-refractivity contribution < 1.29 is 4.79 Å². The average Bonchev–Trinajstić information content (AvgIpc) is 2.87. The molecule has 1 fully saturated rings. The quantitative estimate of drug-likeness (QED) is 0.737. The number of carbonyl (C=O) groups excluding carboxylic acids is 1. The van der Waals surface area contributed by atoms with Gasteiger partial charge in [-0.1, -0.05) is 12.1 Å². The maximum atomic E-state index is 12.0. The van der Waals surface area contributed by atoms with Crippen LogP contribution in [0.25, 0.3) is 0 Å². The van der Waals surface area contributed by atoms with Crippen molar-refractivity contribution in [1.29, 1.82) is 0 Å². The SMILES string of the molecule is CCCn1nncc1C(=O)C1CCCN1. The van der Waals surface area contributed by atoms with Gasteiger partial charge in [0.15, 0.2) is 5.78 Å². The van der Waals surface area contributed by atoms with Gasteiger partial charge in [0.1, 0.15) is 5.69 Å². The Bertz CT molecular complexity index is 341. The van der Waals surface area contributed by atoms with Gasteiger partial charge in [-0.05, 0) is 25.8 Å². The molecule has 5 nitrogen and oxygen atoms in total. The number of ketones is 1. The Hall–Kier alpha value is -1.23. The second-order valence-electron chi connectivity index (χ2n) is 3.86. The second kappa shape index (κ2) is 4.53. The van der Waals surface area contributed by atoms with Gasteiger partial charge in [0.25, 0.3) is 0 Å². The van der Waals surface area contributed by atoms with Crippen LogP contribution in [0.5, 0.6) is 0 Å². The lowest BCUT2D eigenvalue weighted by atomic mass is 10.1. The van der Waals surface area contributed by atoms with Crippen molar-refractivity contribution in [3.63, 3.8) is 0 Å². The van der Waals surface area contributed by atoms with Gasteiger partial charge >= 0.3 is 0 Å². The Morgan fingerprint density at radius 2 is 2.60 bits per heavy atom. The molecule has 0 radical (unpaired) electrons. The van der Waals surface area contributed by atoms with Crippen molar-refractivity contribution in [2.45, 2.75) is 38.8 Å². The molecular weight excluding hydrogens is 192 g/mol. The third kappa shape index (κ3) is 2.07. The Balaban J connectivity index is 2.13. The Labute approximate surface area is 88.9 Å². The number of aryl methyl sites for hydroxylation is 1. The Morgan fingerprint density at radius 1 is 1.73 bits per heavy atom. The molecule has 1 aliphatic rings. The van der Waals surface area contributed by atoms with E-state index in [1.165, 1.54) is 0 Å². The summed E-state index contributed by atoms with van der Waals surface area (Å²) in [6.07, 6.45) is 4.53. The zero-order valence-electron chi connectivity index (χ0n) is 8.94. The summed E-state index contributed by atoms with van der Waals surface area (Å²) in [5.74, 6) is 0.131. The summed E-state index contributed by atoms with van der Waals surface area (Å²) >= 11 is 0. The van der Waals surface area contributed by atoms with E-state index in [-0.39, 0.29) is 11.8 Å². The maximum Gasteiger partial charge on any atom is 0.199 e. The number of aromatic nitrogens is 3. The van der Waals surface area contributed by atoms with Crippen molar-refractivity contribution in [3.8, 4) is 0 Å². The highest BCUT2D eigenvalue weighted by atomic mass is 16.1. The fraction of sp³-hybridized carbons (Fsp3) is 0.700. The summed E-state index contributed by atoms with van der Waals surface area (Å²) in [6, 6.07) is -0.0286. The minimum atomic E-state index is -0.0286. The molecule has 15 heavy (non-hydrogen) atoms. The molecule has 0 aromatic carbocycles. The number of rotatable bonds is 4. The van der Waals surface area contributed by atoms with E-state index in [1.807, 2.05) is 0 Å². The molecule has 1 atom stereocenters. The van der Waals surface area contributed by atoms with Gasteiger partial charge in [0.05, 0.1) is 12.2 Å². The zero-order valence-corrected chi connectivity index (χ0v) is 8.94. The molecule has 0 bridgehead atoms. The van der Waals surface area contributed by atoms with E-state index in [9.17, 15) is 4.79 Å². The molecule has 1 aromatic rings. The number of Topliss-reactive ketones (excluding diaryl/α,β-unsaturated/α-hetero) is 1. The predicted octanol–water partition coefficient (Wildman–Crippen LogP) is 0.623. The van der Waals surface area contributed by atoms with Crippen LogP contribution in [-0.4, -0.2) is 33.4 Å². The summed E-state index contributed by atoms with van der Waals surface area (Å²) in [5.41, 5.74) is 0.635. The van der Waals surface area contributed by atoms with E-state index in [2.05, 4.69) is 22.6 Å². The van der Waals surface area contributed by atoms with Crippen molar-refractivity contribution in [2.75, 3.05) is 6.54 Å². The van der Waals surface area contributed by atoms with Gasteiger partial charge in [-0.15, -0.1) is 5.10 Å². The van der Waals surface area contributed by atoms with Crippen molar-refractivity contribution in [3.05, 3.63) is 11.9 Å². The van der Waals surface area contributed by atoms with E-state index in [1.54, 1.807) is 10.9 Å². The van der Waals surface area contributed by atoms with Crippen molar-refractivity contribution >= 4 is 5.78 Å². The average molecular weight is 208 g/mol. The van der Waals surface area contributed by atoms with Crippen LogP contribution in [0.3, 0.4) is 0 Å². The molecular formula is C10H16N4O. The number of carbonyl (C=O) groups is 1. The van der Waals surface area contributed by atoms with Gasteiger partial charge in [-0.25, -0.2) is 4.68 Å². The van der Waals surface area contributed by atoms with Crippen LogP contribution in [-0.2, 0) is 6.54 Å². The number of hydrogen-bond donors (Lipinski definition) is 1. The predicted molar refractivity (Wildman–Crippen MR) is 55.7 cm³/mol. The number of hydrogen-bond acceptors (Lipinski definition) is 4. The normalized spacial score (nSPS) is 20.7. The van der Waals surface area contributed by atoms with Gasteiger partial charge in [0, 0.05) is 6.54 Å². The summed E-state index contributed by atoms with van der Waals surface area (Å²) in [4.78, 5) is 12.0. The molecule has 1 unspecified atom stereocenters. The molecule has 0 saturated carbocycles. The van der Waals surface area contributed by atoms with E-state index < -0.39 is 0 Å². The molecule has 0 aliphatic carbocycles. The largest absolute Gasteiger partial charge is 0.307 e. The van der Waals surface area contributed by atoms with E-state index in [0.29, 0.717) is 5.69 Å². The van der Waals surface area contributed by atoms with E-state index in [4.69, 9.17) is 0 Å². The molecule has 0 spiro atoms. The topological polar surface area (TPSA) is 59.8 Å². The first-order valence-electron chi connectivity index (χ1n) is 5.49. The molecule has 5 heteroatoms. The van der Waals surface area contributed by atoms with Crippen LogP contribution in [0.4, 0.5) is 0 Å². The molecule has 0 amide bonds. The smallest absolute Gasteiger partial charge is 0.199 e. The van der Waals surface area contributed by atoms with Crippen LogP contribution in [0.15, 0.2) is 6.20 Å². The molecule has 2 heterocycles. The Morgan fingerprint density at radius 3 is 3.27 bits per heavy atom. The number of nitrogens with zero attached hydrogens (tertiary/aromatic N) is 3. The first-order valence-corrected chi connectivity index (χ1v) is 5.49. The highest BCUT2D eigenvalue weighted by molar-refractivity contribution is 5.98. The maximum absolute atomic E-state index is 12.0. The minimum absolute atomic E-state index is 0.0286. The highest BCUT2D eigenvalue weighted by Gasteiger charge is 2.25. The van der Waals surface area contributed by atoms with E-state index in [0.717, 1.165) is 32.4 Å². The highest BCUT2D eigenvalue weighted by Crippen LogP contribution is 2.11. The second-order valence-corrected chi connectivity index (χ2v) is 3.86. The van der Waals surface area contributed by atoms with E-state index >= 15 is 0 Å². The van der Waals surface area contributed by atoms with Gasteiger partial charge in [-0.2, -0.15) is 0 Å². The van der Waals surface area contributed by atoms with Crippen molar-refractivity contribution in [1.82, 2.24) is 20.3 Å². The molecule has 1 N–H and O–H groups in total. The summed E-state index contributed by atoms with van der Waals surface area (Å²) in [7, 11) is 0. The first kappa shape index (κ1) is 10.3. The fourth-order valence-electron chi connectivity index (χ4n) is 1.91.